The van der Waals surface area contributed by atoms with Gasteiger partial charge in [0.2, 0.25) is 0 Å². The molecule has 0 saturated heterocycles. The van der Waals surface area contributed by atoms with Crippen LogP contribution in [0.2, 0.25) is 0 Å². The maximum Gasteiger partial charge on any atom is 0.128 e. The van der Waals surface area contributed by atoms with Crippen molar-refractivity contribution in [1.82, 2.24) is 0 Å². The lowest BCUT2D eigenvalue weighted by molar-refractivity contribution is 0.612. The lowest BCUT2D eigenvalue weighted by Crippen LogP contribution is -2.03. The highest BCUT2D eigenvalue weighted by atomic mass is 32.2. The molecule has 19 heavy (non-hydrogen) atoms. The molecule has 0 aliphatic carbocycles. The van der Waals surface area contributed by atoms with E-state index in [0.29, 0.717) is 17.7 Å². The number of nitrogens with one attached hydrogen (secondary N) is 1. The first-order valence-corrected chi connectivity index (χ1v) is 7.02. The van der Waals surface area contributed by atoms with Crippen LogP contribution in [0.1, 0.15) is 11.1 Å². The third kappa shape index (κ3) is 3.27. The third-order valence-electron chi connectivity index (χ3n) is 2.75. The number of anilines is 1. The molecule has 0 saturated carbocycles. The largest absolute Gasteiger partial charge is 0.380 e. The highest BCUT2D eigenvalue weighted by Gasteiger charge is 2.05. The van der Waals surface area contributed by atoms with Crippen LogP contribution in [0.15, 0.2) is 47.4 Å². The van der Waals surface area contributed by atoms with Gasteiger partial charge in [0.1, 0.15) is 5.82 Å². The summed E-state index contributed by atoms with van der Waals surface area (Å²) >= 11 is 1.63. The Morgan fingerprint density at radius 3 is 2.79 bits per heavy atom. The maximum atomic E-state index is 13.6. The average Bonchev–Trinajstić information content (AvgIpc) is 2.46. The minimum atomic E-state index is -0.298. The normalized spacial score (nSPS) is 9.95. The minimum absolute atomic E-state index is 0.298. The first kappa shape index (κ1) is 13.4. The van der Waals surface area contributed by atoms with E-state index in [4.69, 9.17) is 5.26 Å². The van der Waals surface area contributed by atoms with E-state index in [1.165, 1.54) is 12.1 Å². The van der Waals surface area contributed by atoms with Crippen LogP contribution in [0.25, 0.3) is 0 Å². The van der Waals surface area contributed by atoms with Crippen molar-refractivity contribution in [2.45, 2.75) is 11.4 Å². The Bertz CT molecular complexity index is 620. The Kier molecular flexibility index (Phi) is 4.43. The molecule has 0 unspecified atom stereocenters. The van der Waals surface area contributed by atoms with Crippen LogP contribution in [0, 0.1) is 17.1 Å². The van der Waals surface area contributed by atoms with E-state index in [-0.39, 0.29) is 5.82 Å². The van der Waals surface area contributed by atoms with E-state index >= 15 is 0 Å². The highest BCUT2D eigenvalue weighted by molar-refractivity contribution is 7.98. The van der Waals surface area contributed by atoms with Crippen LogP contribution in [0.4, 0.5) is 10.1 Å². The summed E-state index contributed by atoms with van der Waals surface area (Å²) in [6.07, 6.45) is 2.00. The number of hydrogen-bond acceptors (Lipinski definition) is 3. The summed E-state index contributed by atoms with van der Waals surface area (Å²) < 4.78 is 13.6. The quantitative estimate of drug-likeness (QED) is 0.853. The van der Waals surface area contributed by atoms with Crippen molar-refractivity contribution in [2.75, 3.05) is 11.6 Å². The van der Waals surface area contributed by atoms with E-state index < -0.39 is 0 Å². The summed E-state index contributed by atoms with van der Waals surface area (Å²) in [5.41, 5.74) is 1.93. The molecule has 0 aliphatic heterocycles. The maximum absolute atomic E-state index is 13.6. The van der Waals surface area contributed by atoms with E-state index in [1.807, 2.05) is 36.6 Å². The fourth-order valence-electron chi connectivity index (χ4n) is 1.76. The first-order valence-electron chi connectivity index (χ1n) is 5.80. The second-order valence-electron chi connectivity index (χ2n) is 3.97. The standard InChI is InChI=1S/C15H13FN2S/c1-19-15-5-3-2-4-14(15)18-10-12-8-11(9-17)6-7-13(12)16/h2-8,18H,10H2,1H3. The number of para-hydroxylation sites is 1. The fraction of sp³-hybridized carbons (Fsp3) is 0.133. The average molecular weight is 272 g/mol. The zero-order valence-electron chi connectivity index (χ0n) is 10.5. The SMILES string of the molecule is CSc1ccccc1NCc1cc(C#N)ccc1F. The Morgan fingerprint density at radius 1 is 1.26 bits per heavy atom. The number of rotatable bonds is 4. The molecule has 0 aromatic heterocycles. The number of nitriles is 1. The zero-order chi connectivity index (χ0) is 13.7. The van der Waals surface area contributed by atoms with Gasteiger partial charge in [-0.2, -0.15) is 5.26 Å². The van der Waals surface area contributed by atoms with Crippen molar-refractivity contribution < 1.29 is 4.39 Å². The van der Waals surface area contributed by atoms with Crippen LogP contribution in [-0.2, 0) is 6.54 Å². The molecular formula is C15H13FN2S. The van der Waals surface area contributed by atoms with E-state index in [1.54, 1.807) is 17.8 Å². The second kappa shape index (κ2) is 6.26. The molecule has 0 heterocycles. The molecule has 2 aromatic carbocycles. The van der Waals surface area contributed by atoms with Gasteiger partial charge < -0.3 is 5.32 Å². The number of hydrogen-bond donors (Lipinski definition) is 1. The van der Waals surface area contributed by atoms with Gasteiger partial charge in [0.15, 0.2) is 0 Å². The van der Waals surface area contributed by atoms with Crippen molar-refractivity contribution >= 4 is 17.4 Å². The van der Waals surface area contributed by atoms with Crippen molar-refractivity contribution in [1.29, 1.82) is 5.26 Å². The molecule has 0 bridgehead atoms. The minimum Gasteiger partial charge on any atom is -0.380 e. The van der Waals surface area contributed by atoms with Crippen molar-refractivity contribution in [2.24, 2.45) is 0 Å². The van der Waals surface area contributed by atoms with Gasteiger partial charge in [-0.15, -0.1) is 11.8 Å². The molecule has 2 nitrogen and oxygen atoms in total. The molecule has 2 rings (SSSR count). The highest BCUT2D eigenvalue weighted by Crippen LogP contribution is 2.25. The summed E-state index contributed by atoms with van der Waals surface area (Å²) in [5.74, 6) is -0.298. The molecule has 96 valence electrons. The number of halogens is 1. The second-order valence-corrected chi connectivity index (χ2v) is 4.82. The van der Waals surface area contributed by atoms with Gasteiger partial charge in [0.25, 0.3) is 0 Å². The Labute approximate surface area is 116 Å². The summed E-state index contributed by atoms with van der Waals surface area (Å²) in [6.45, 7) is 0.360. The fourth-order valence-corrected chi connectivity index (χ4v) is 2.34. The molecule has 2 aromatic rings. The van der Waals surface area contributed by atoms with Gasteiger partial charge in [-0.1, -0.05) is 12.1 Å². The predicted molar refractivity (Wildman–Crippen MR) is 76.7 cm³/mol. The van der Waals surface area contributed by atoms with Crippen LogP contribution >= 0.6 is 11.8 Å². The van der Waals surface area contributed by atoms with Crippen LogP contribution < -0.4 is 5.32 Å². The molecule has 4 heteroatoms. The van der Waals surface area contributed by atoms with Crippen LogP contribution in [0.5, 0.6) is 0 Å². The summed E-state index contributed by atoms with van der Waals surface area (Å²) in [7, 11) is 0. The Hall–Kier alpha value is -1.99. The summed E-state index contributed by atoms with van der Waals surface area (Å²) in [4.78, 5) is 1.11. The summed E-state index contributed by atoms with van der Waals surface area (Å²) in [6, 6.07) is 14.3. The Morgan fingerprint density at radius 2 is 2.05 bits per heavy atom. The van der Waals surface area contributed by atoms with E-state index in [2.05, 4.69) is 5.32 Å². The van der Waals surface area contributed by atoms with Crippen LogP contribution in [-0.4, -0.2) is 6.26 Å². The van der Waals surface area contributed by atoms with Gasteiger partial charge in [0, 0.05) is 22.7 Å². The molecular weight excluding hydrogens is 259 g/mol. The first-order chi connectivity index (χ1) is 9.24. The number of nitrogens with zero attached hydrogens (tertiary/aromatic N) is 1. The van der Waals surface area contributed by atoms with Gasteiger partial charge in [-0.3, -0.25) is 0 Å². The molecule has 0 spiro atoms. The van der Waals surface area contributed by atoms with Gasteiger partial charge >= 0.3 is 0 Å². The topological polar surface area (TPSA) is 35.8 Å². The van der Waals surface area contributed by atoms with Crippen LogP contribution in [0.3, 0.4) is 0 Å². The zero-order valence-corrected chi connectivity index (χ0v) is 11.3. The molecule has 1 N–H and O–H groups in total. The number of benzene rings is 2. The number of thioether (sulfide) groups is 1. The summed E-state index contributed by atoms with van der Waals surface area (Å²) in [5, 5.41) is 12.0. The van der Waals surface area contributed by atoms with Gasteiger partial charge in [-0.05, 0) is 36.6 Å². The lowest BCUT2D eigenvalue weighted by atomic mass is 10.1. The monoisotopic (exact) mass is 272 g/mol. The lowest BCUT2D eigenvalue weighted by Gasteiger charge is -2.11. The predicted octanol–water partition coefficient (Wildman–Crippen LogP) is 4.03. The third-order valence-corrected chi connectivity index (χ3v) is 3.55. The van der Waals surface area contributed by atoms with Crippen molar-refractivity contribution in [3.05, 3.63) is 59.4 Å². The van der Waals surface area contributed by atoms with Gasteiger partial charge in [-0.25, -0.2) is 4.39 Å². The molecule has 0 atom stereocenters. The Balaban J connectivity index is 2.17. The van der Waals surface area contributed by atoms with E-state index in [9.17, 15) is 4.39 Å². The van der Waals surface area contributed by atoms with Crippen molar-refractivity contribution in [3.63, 3.8) is 0 Å². The molecule has 0 aliphatic rings. The van der Waals surface area contributed by atoms with Crippen molar-refractivity contribution in [3.8, 4) is 6.07 Å². The molecule has 0 amide bonds. The smallest absolute Gasteiger partial charge is 0.128 e. The molecule has 0 radical (unpaired) electrons. The molecule has 0 fully saturated rings. The van der Waals surface area contributed by atoms with E-state index in [0.717, 1.165) is 10.6 Å². The van der Waals surface area contributed by atoms with Gasteiger partial charge in [0.05, 0.1) is 11.6 Å².